The molecule has 0 aromatic heterocycles. The second kappa shape index (κ2) is 4.81. The Hall–Kier alpha value is -1.81. The molecule has 0 spiro atoms. The summed E-state index contributed by atoms with van der Waals surface area (Å²) in [5, 5.41) is 8.55. The molecular weight excluding hydrogens is 206 g/mol. The molecular formula is C12H10BFO2. The van der Waals surface area contributed by atoms with Gasteiger partial charge in [-0.3, -0.25) is 0 Å². The van der Waals surface area contributed by atoms with Gasteiger partial charge in [0.15, 0.2) is 0 Å². The molecule has 2 nitrogen and oxygen atoms in total. The molecule has 2 aromatic rings. The van der Waals surface area contributed by atoms with Crippen molar-refractivity contribution in [1.29, 1.82) is 0 Å². The molecule has 0 amide bonds. The number of hydrogen-bond donors (Lipinski definition) is 1. The van der Waals surface area contributed by atoms with Crippen molar-refractivity contribution < 1.29 is 14.1 Å². The standard InChI is InChI=1S/C12H10BFO2/c14-12-8-10(16-13-15)6-7-11(12)9-4-2-1-3-5-9/h1-8,13,15H. The smallest absolute Gasteiger partial charge is 0.504 e. The minimum absolute atomic E-state index is 0.319. The lowest BCUT2D eigenvalue weighted by Gasteiger charge is -2.06. The number of hydrogen-bond acceptors (Lipinski definition) is 2. The Bertz CT molecular complexity index is 474. The first kappa shape index (κ1) is 10.7. The molecule has 0 aliphatic heterocycles. The predicted octanol–water partition coefficient (Wildman–Crippen LogP) is 2.13. The Morgan fingerprint density at radius 2 is 1.81 bits per heavy atom. The maximum Gasteiger partial charge on any atom is 0.504 e. The highest BCUT2D eigenvalue weighted by Crippen LogP contribution is 2.25. The van der Waals surface area contributed by atoms with Crippen LogP contribution >= 0.6 is 0 Å². The normalized spacial score (nSPS) is 9.88. The Labute approximate surface area is 93.6 Å². The van der Waals surface area contributed by atoms with Gasteiger partial charge in [0, 0.05) is 11.6 Å². The number of benzene rings is 2. The van der Waals surface area contributed by atoms with E-state index in [-0.39, 0.29) is 5.82 Å². The summed E-state index contributed by atoms with van der Waals surface area (Å²) in [6.07, 6.45) is 0. The molecule has 0 radical (unpaired) electrons. The highest BCUT2D eigenvalue weighted by molar-refractivity contribution is 6.17. The third-order valence-corrected chi connectivity index (χ3v) is 2.26. The summed E-state index contributed by atoms with van der Waals surface area (Å²) in [4.78, 5) is 0. The molecule has 2 aromatic carbocycles. The van der Waals surface area contributed by atoms with Crippen molar-refractivity contribution >= 4 is 7.69 Å². The van der Waals surface area contributed by atoms with Gasteiger partial charge in [0.25, 0.3) is 0 Å². The van der Waals surface area contributed by atoms with Crippen LogP contribution < -0.4 is 4.65 Å². The fourth-order valence-corrected chi connectivity index (χ4v) is 1.51. The lowest BCUT2D eigenvalue weighted by atomic mass is 10.1. The molecule has 0 unspecified atom stereocenters. The molecule has 1 N–H and O–H groups in total. The highest BCUT2D eigenvalue weighted by atomic mass is 19.1. The van der Waals surface area contributed by atoms with Crippen LogP contribution in [0.4, 0.5) is 4.39 Å². The molecule has 0 aliphatic carbocycles. The summed E-state index contributed by atoms with van der Waals surface area (Å²) in [5.41, 5.74) is 1.33. The van der Waals surface area contributed by atoms with Gasteiger partial charge < -0.3 is 9.68 Å². The molecule has 2 rings (SSSR count). The zero-order valence-corrected chi connectivity index (χ0v) is 8.56. The number of halogens is 1. The van der Waals surface area contributed by atoms with Gasteiger partial charge in [-0.25, -0.2) is 4.39 Å². The van der Waals surface area contributed by atoms with Gasteiger partial charge in [-0.1, -0.05) is 30.3 Å². The van der Waals surface area contributed by atoms with Crippen molar-refractivity contribution in [2.75, 3.05) is 0 Å². The molecule has 80 valence electrons. The topological polar surface area (TPSA) is 29.5 Å². The monoisotopic (exact) mass is 216 g/mol. The summed E-state index contributed by atoms with van der Waals surface area (Å²) in [7, 11) is -0.454. The first-order chi connectivity index (χ1) is 7.81. The van der Waals surface area contributed by atoms with E-state index in [0.29, 0.717) is 11.3 Å². The van der Waals surface area contributed by atoms with E-state index in [4.69, 9.17) is 9.68 Å². The Balaban J connectivity index is 2.37. The van der Waals surface area contributed by atoms with E-state index in [0.717, 1.165) is 5.56 Å². The average Bonchev–Trinajstić information content (AvgIpc) is 2.31. The van der Waals surface area contributed by atoms with Gasteiger partial charge in [-0.15, -0.1) is 0 Å². The van der Waals surface area contributed by atoms with Crippen molar-refractivity contribution in [1.82, 2.24) is 0 Å². The van der Waals surface area contributed by atoms with Crippen molar-refractivity contribution in [3.63, 3.8) is 0 Å². The predicted molar refractivity (Wildman–Crippen MR) is 61.8 cm³/mol. The Morgan fingerprint density at radius 1 is 1.06 bits per heavy atom. The lowest BCUT2D eigenvalue weighted by Crippen LogP contribution is -2.00. The molecule has 0 saturated carbocycles. The van der Waals surface area contributed by atoms with Crippen LogP contribution in [0.15, 0.2) is 48.5 Å². The fourth-order valence-electron chi connectivity index (χ4n) is 1.51. The quantitative estimate of drug-likeness (QED) is 0.796. The van der Waals surface area contributed by atoms with Gasteiger partial charge in [0.2, 0.25) is 0 Å². The van der Waals surface area contributed by atoms with E-state index in [1.54, 1.807) is 12.1 Å². The van der Waals surface area contributed by atoms with Crippen molar-refractivity contribution in [3.05, 3.63) is 54.3 Å². The summed E-state index contributed by atoms with van der Waals surface area (Å²) >= 11 is 0. The highest BCUT2D eigenvalue weighted by Gasteiger charge is 2.05. The van der Waals surface area contributed by atoms with E-state index in [1.807, 2.05) is 30.3 Å². The van der Waals surface area contributed by atoms with E-state index < -0.39 is 7.69 Å². The van der Waals surface area contributed by atoms with Gasteiger partial charge in [-0.05, 0) is 17.7 Å². The zero-order valence-electron chi connectivity index (χ0n) is 8.56. The van der Waals surface area contributed by atoms with Gasteiger partial charge in [-0.2, -0.15) is 0 Å². The van der Waals surface area contributed by atoms with Crippen LogP contribution in [0.3, 0.4) is 0 Å². The second-order valence-electron chi connectivity index (χ2n) is 3.28. The molecule has 0 aliphatic rings. The minimum Gasteiger partial charge on any atom is -0.539 e. The Kier molecular flexibility index (Phi) is 3.22. The molecule has 0 atom stereocenters. The SMILES string of the molecule is OBOc1ccc(-c2ccccc2)c(F)c1. The first-order valence-corrected chi connectivity index (χ1v) is 4.90. The van der Waals surface area contributed by atoms with Gasteiger partial charge in [0.1, 0.15) is 11.6 Å². The summed E-state index contributed by atoms with van der Waals surface area (Å²) < 4.78 is 18.5. The zero-order chi connectivity index (χ0) is 11.4. The fraction of sp³-hybridized carbons (Fsp3) is 0. The molecule has 0 saturated heterocycles. The minimum atomic E-state index is -0.454. The lowest BCUT2D eigenvalue weighted by molar-refractivity contribution is 0.451. The Morgan fingerprint density at radius 3 is 2.44 bits per heavy atom. The summed E-state index contributed by atoms with van der Waals surface area (Å²) in [6, 6.07) is 13.8. The first-order valence-electron chi connectivity index (χ1n) is 4.90. The van der Waals surface area contributed by atoms with E-state index in [2.05, 4.69) is 0 Å². The second-order valence-corrected chi connectivity index (χ2v) is 3.28. The van der Waals surface area contributed by atoms with Crippen LogP contribution in [0.2, 0.25) is 0 Å². The van der Waals surface area contributed by atoms with Crippen LogP contribution in [-0.4, -0.2) is 12.7 Å². The van der Waals surface area contributed by atoms with E-state index >= 15 is 0 Å². The van der Waals surface area contributed by atoms with Gasteiger partial charge in [0.05, 0.1) is 0 Å². The molecule has 0 heterocycles. The maximum atomic E-state index is 13.7. The van der Waals surface area contributed by atoms with Crippen LogP contribution in [0.5, 0.6) is 5.75 Å². The van der Waals surface area contributed by atoms with Crippen molar-refractivity contribution in [2.24, 2.45) is 0 Å². The van der Waals surface area contributed by atoms with Crippen LogP contribution in [0.25, 0.3) is 11.1 Å². The van der Waals surface area contributed by atoms with Crippen molar-refractivity contribution in [3.8, 4) is 16.9 Å². The average molecular weight is 216 g/mol. The molecule has 0 fully saturated rings. The van der Waals surface area contributed by atoms with Crippen LogP contribution in [0.1, 0.15) is 0 Å². The summed E-state index contributed by atoms with van der Waals surface area (Å²) in [6.45, 7) is 0. The van der Waals surface area contributed by atoms with E-state index in [9.17, 15) is 4.39 Å². The third-order valence-electron chi connectivity index (χ3n) is 2.26. The maximum absolute atomic E-state index is 13.7. The largest absolute Gasteiger partial charge is 0.539 e. The molecule has 4 heteroatoms. The van der Waals surface area contributed by atoms with Gasteiger partial charge >= 0.3 is 7.69 Å². The van der Waals surface area contributed by atoms with Crippen molar-refractivity contribution in [2.45, 2.75) is 0 Å². The summed E-state index contributed by atoms with van der Waals surface area (Å²) in [5.74, 6) is -0.0446. The van der Waals surface area contributed by atoms with Crippen LogP contribution in [-0.2, 0) is 0 Å². The molecule has 16 heavy (non-hydrogen) atoms. The molecule has 0 bridgehead atoms. The van der Waals surface area contributed by atoms with E-state index in [1.165, 1.54) is 6.07 Å². The van der Waals surface area contributed by atoms with Crippen LogP contribution in [0, 0.1) is 5.82 Å². The third kappa shape index (κ3) is 2.23. The number of rotatable bonds is 3.